The number of carbonyl (C=O) groups excluding carboxylic acids is 1. The molecule has 0 bridgehead atoms. The minimum absolute atomic E-state index is 0.195. The van der Waals surface area contributed by atoms with E-state index < -0.39 is 11.9 Å². The topological polar surface area (TPSA) is 71.3 Å². The summed E-state index contributed by atoms with van der Waals surface area (Å²) in [6.45, 7) is 2.24. The molecule has 0 radical (unpaired) electrons. The van der Waals surface area contributed by atoms with Gasteiger partial charge in [0.2, 0.25) is 5.82 Å². The molecule has 35 heavy (non-hydrogen) atoms. The molecule has 1 aliphatic rings. The third-order valence-corrected chi connectivity index (χ3v) is 6.00. The fourth-order valence-corrected chi connectivity index (χ4v) is 4.20. The molecular weight excluding hydrogens is 450 g/mol. The van der Waals surface area contributed by atoms with Crippen LogP contribution in [0.3, 0.4) is 0 Å². The van der Waals surface area contributed by atoms with Crippen LogP contribution in [-0.4, -0.2) is 27.6 Å². The molecule has 3 aromatic carbocycles. The highest BCUT2D eigenvalue weighted by Gasteiger charge is 2.35. The smallest absolute Gasteiger partial charge is 0.322 e. The highest BCUT2D eigenvalue weighted by molar-refractivity contribution is 5.86. The van der Waals surface area contributed by atoms with Crippen molar-refractivity contribution in [2.45, 2.75) is 19.4 Å². The van der Waals surface area contributed by atoms with E-state index in [9.17, 15) is 13.6 Å². The van der Waals surface area contributed by atoms with Crippen molar-refractivity contribution in [1.29, 1.82) is 0 Å². The summed E-state index contributed by atoms with van der Waals surface area (Å²) in [5, 5.41) is 7.03. The Labute approximate surface area is 200 Å². The normalized spacial score (nSPS) is 15.9. The molecule has 1 aromatic heterocycles. The molecule has 176 valence electrons. The van der Waals surface area contributed by atoms with Crippen molar-refractivity contribution >= 4 is 11.6 Å². The van der Waals surface area contributed by atoms with Gasteiger partial charge in [0, 0.05) is 17.8 Å². The van der Waals surface area contributed by atoms with E-state index in [1.807, 2.05) is 37.3 Å². The van der Waals surface area contributed by atoms with Gasteiger partial charge in [-0.1, -0.05) is 47.6 Å². The number of carbonyl (C=O) groups is 1. The molecule has 4 aromatic rings. The second kappa shape index (κ2) is 9.50. The number of urea groups is 1. The number of hydrogen-bond acceptors (Lipinski definition) is 4. The molecule has 8 heteroatoms. The van der Waals surface area contributed by atoms with Gasteiger partial charge in [-0.05, 0) is 60.9 Å². The van der Waals surface area contributed by atoms with Crippen LogP contribution in [0.1, 0.15) is 30.0 Å². The van der Waals surface area contributed by atoms with Crippen LogP contribution < -0.4 is 5.32 Å². The number of amides is 2. The fourth-order valence-electron chi connectivity index (χ4n) is 4.20. The molecule has 1 aliphatic heterocycles. The van der Waals surface area contributed by atoms with Gasteiger partial charge in [-0.25, -0.2) is 13.6 Å². The number of aromatic nitrogens is 2. The summed E-state index contributed by atoms with van der Waals surface area (Å²) in [6.07, 6.45) is 0.647. The summed E-state index contributed by atoms with van der Waals surface area (Å²) in [5.74, 6) is -0.309. The average molecular weight is 472 g/mol. The molecule has 0 saturated heterocycles. The molecule has 0 fully saturated rings. The Morgan fingerprint density at radius 2 is 1.74 bits per heavy atom. The lowest BCUT2D eigenvalue weighted by Crippen LogP contribution is -2.46. The van der Waals surface area contributed by atoms with Gasteiger partial charge in [0.05, 0.1) is 11.6 Å². The Morgan fingerprint density at radius 3 is 2.49 bits per heavy atom. The molecule has 5 rings (SSSR count). The van der Waals surface area contributed by atoms with E-state index in [2.05, 4.69) is 15.5 Å². The Hall–Kier alpha value is -4.33. The molecule has 2 amide bonds. The zero-order chi connectivity index (χ0) is 24.4. The van der Waals surface area contributed by atoms with E-state index in [4.69, 9.17) is 4.52 Å². The van der Waals surface area contributed by atoms with Gasteiger partial charge in [0.1, 0.15) is 11.6 Å². The number of rotatable bonds is 6. The van der Waals surface area contributed by atoms with Crippen molar-refractivity contribution < 1.29 is 18.1 Å². The molecule has 2 heterocycles. The monoisotopic (exact) mass is 472 g/mol. The lowest BCUT2D eigenvalue weighted by atomic mass is 9.94. The van der Waals surface area contributed by atoms with Crippen LogP contribution in [0.5, 0.6) is 0 Å². The number of nitrogens with zero attached hydrogens (tertiary/aromatic N) is 3. The molecule has 0 aliphatic carbocycles. The lowest BCUT2D eigenvalue weighted by Gasteiger charge is -2.35. The van der Waals surface area contributed by atoms with Crippen LogP contribution in [0.2, 0.25) is 0 Å². The fraction of sp³-hybridized carbons (Fsp3) is 0.148. The maximum absolute atomic E-state index is 14.1. The van der Waals surface area contributed by atoms with E-state index in [1.165, 1.54) is 24.3 Å². The Kier molecular flexibility index (Phi) is 6.10. The Morgan fingerprint density at radius 1 is 0.971 bits per heavy atom. The molecule has 0 saturated carbocycles. The van der Waals surface area contributed by atoms with Gasteiger partial charge < -0.3 is 9.84 Å². The van der Waals surface area contributed by atoms with Crippen molar-refractivity contribution in [1.82, 2.24) is 20.4 Å². The second-order valence-electron chi connectivity index (χ2n) is 8.25. The number of benzene rings is 3. The summed E-state index contributed by atoms with van der Waals surface area (Å²) in [5.41, 5.74) is 3.44. The van der Waals surface area contributed by atoms with Crippen LogP contribution in [0.4, 0.5) is 13.6 Å². The van der Waals surface area contributed by atoms with Crippen molar-refractivity contribution in [2.75, 3.05) is 6.54 Å². The minimum Gasteiger partial charge on any atom is -0.334 e. The summed E-state index contributed by atoms with van der Waals surface area (Å²) in [6, 6.07) is 20.7. The molecule has 1 atom stereocenters. The average Bonchev–Trinajstić information content (AvgIpc) is 3.34. The van der Waals surface area contributed by atoms with E-state index in [0.717, 1.165) is 5.56 Å². The number of hydrogen-bond donors (Lipinski definition) is 1. The van der Waals surface area contributed by atoms with E-state index in [-0.39, 0.29) is 23.6 Å². The van der Waals surface area contributed by atoms with Crippen LogP contribution >= 0.6 is 0 Å². The van der Waals surface area contributed by atoms with Crippen molar-refractivity contribution in [3.05, 3.63) is 113 Å². The largest absolute Gasteiger partial charge is 0.334 e. The SMILES string of the molecule is CC1=C(c2nc(-c3ccc(F)cc3)no2)C(c2cccc(F)c2)NC(=O)N1CCc1ccccc1. The maximum atomic E-state index is 14.1. The zero-order valence-corrected chi connectivity index (χ0v) is 18.9. The van der Waals surface area contributed by atoms with Gasteiger partial charge in [-0.3, -0.25) is 4.90 Å². The zero-order valence-electron chi connectivity index (χ0n) is 18.9. The summed E-state index contributed by atoms with van der Waals surface area (Å²) >= 11 is 0. The van der Waals surface area contributed by atoms with E-state index in [1.54, 1.807) is 29.2 Å². The van der Waals surface area contributed by atoms with Crippen molar-refractivity contribution in [3.8, 4) is 11.4 Å². The standard InChI is InChI=1S/C27H22F2N4O2/c1-17-23(26-31-25(32-35-26)19-10-12-21(28)13-11-19)24(20-8-5-9-22(29)16-20)30-27(34)33(17)15-14-18-6-3-2-4-7-18/h2-13,16,24H,14-15H2,1H3,(H,30,34). The highest BCUT2D eigenvalue weighted by Crippen LogP contribution is 2.37. The van der Waals surface area contributed by atoms with Gasteiger partial charge in [0.15, 0.2) is 0 Å². The molecule has 1 N–H and O–H groups in total. The van der Waals surface area contributed by atoms with Gasteiger partial charge in [0.25, 0.3) is 5.89 Å². The summed E-state index contributed by atoms with van der Waals surface area (Å²) < 4.78 is 33.0. The summed E-state index contributed by atoms with van der Waals surface area (Å²) in [4.78, 5) is 19.3. The highest BCUT2D eigenvalue weighted by atomic mass is 19.1. The maximum Gasteiger partial charge on any atom is 0.322 e. The lowest BCUT2D eigenvalue weighted by molar-refractivity contribution is 0.205. The first-order chi connectivity index (χ1) is 17.0. The van der Waals surface area contributed by atoms with E-state index in [0.29, 0.717) is 35.4 Å². The third-order valence-electron chi connectivity index (χ3n) is 6.00. The van der Waals surface area contributed by atoms with Gasteiger partial charge in [-0.2, -0.15) is 4.98 Å². The quantitative estimate of drug-likeness (QED) is 0.388. The first-order valence-corrected chi connectivity index (χ1v) is 11.2. The summed E-state index contributed by atoms with van der Waals surface area (Å²) in [7, 11) is 0. The Balaban J connectivity index is 1.55. The van der Waals surface area contributed by atoms with Gasteiger partial charge in [-0.15, -0.1) is 0 Å². The minimum atomic E-state index is -0.687. The van der Waals surface area contributed by atoms with Crippen LogP contribution in [0.25, 0.3) is 17.0 Å². The predicted octanol–water partition coefficient (Wildman–Crippen LogP) is 5.76. The second-order valence-corrected chi connectivity index (χ2v) is 8.25. The Bertz CT molecular complexity index is 1380. The number of allylic oxidation sites excluding steroid dienone is 1. The molecular formula is C27H22F2N4O2. The molecule has 1 unspecified atom stereocenters. The van der Waals surface area contributed by atoms with Crippen LogP contribution in [-0.2, 0) is 6.42 Å². The molecule has 6 nitrogen and oxygen atoms in total. The third kappa shape index (κ3) is 4.68. The first kappa shape index (κ1) is 22.5. The van der Waals surface area contributed by atoms with Gasteiger partial charge >= 0.3 is 6.03 Å². The van der Waals surface area contributed by atoms with Crippen LogP contribution in [0, 0.1) is 11.6 Å². The van der Waals surface area contributed by atoms with E-state index >= 15 is 0 Å². The number of nitrogens with one attached hydrogen (secondary N) is 1. The molecule has 0 spiro atoms. The van der Waals surface area contributed by atoms with Crippen LogP contribution in [0.15, 0.2) is 89.1 Å². The predicted molar refractivity (Wildman–Crippen MR) is 127 cm³/mol. The van der Waals surface area contributed by atoms with Crippen molar-refractivity contribution in [3.63, 3.8) is 0 Å². The first-order valence-electron chi connectivity index (χ1n) is 11.2. The number of halogens is 2. The van der Waals surface area contributed by atoms with Crippen molar-refractivity contribution in [2.24, 2.45) is 0 Å².